The van der Waals surface area contributed by atoms with Gasteiger partial charge in [-0.2, -0.15) is 0 Å². The molecule has 0 N–H and O–H groups in total. The number of rotatable bonds is 11. The Morgan fingerprint density at radius 3 is 2.45 bits per heavy atom. The van der Waals surface area contributed by atoms with Gasteiger partial charge in [-0.05, 0) is 79.1 Å². The molecule has 4 aromatic carbocycles. The molecule has 5 aromatic rings. The molecule has 1 aliphatic heterocycles. The number of hydrogen-bond acceptors (Lipinski definition) is 10. The van der Waals surface area contributed by atoms with Crippen LogP contribution in [0.3, 0.4) is 0 Å². The number of fused-ring (bicyclic) bond motifs is 2. The van der Waals surface area contributed by atoms with Crippen LogP contribution in [0.4, 0.5) is 5.69 Å². The van der Waals surface area contributed by atoms with Crippen LogP contribution in [0.2, 0.25) is 0 Å². The number of thiazole rings is 1. The van der Waals surface area contributed by atoms with Gasteiger partial charge in [0.05, 0.1) is 41.0 Å². The van der Waals surface area contributed by atoms with Crippen LogP contribution in [-0.4, -0.2) is 35.8 Å². The molecule has 0 amide bonds. The molecule has 0 saturated carbocycles. The third-order valence-corrected chi connectivity index (χ3v) is 9.03. The Morgan fingerprint density at radius 1 is 0.980 bits per heavy atom. The first-order chi connectivity index (χ1) is 23.7. The van der Waals surface area contributed by atoms with E-state index in [4.69, 9.17) is 23.9 Å². The van der Waals surface area contributed by atoms with Crippen molar-refractivity contribution in [1.82, 2.24) is 4.57 Å². The van der Waals surface area contributed by atoms with Gasteiger partial charge in [0.2, 0.25) is 0 Å². The summed E-state index contributed by atoms with van der Waals surface area (Å²) < 4.78 is 25.1. The second-order valence-electron chi connectivity index (χ2n) is 11.1. The molecule has 0 bridgehead atoms. The lowest BCUT2D eigenvalue weighted by atomic mass is 9.90. The lowest BCUT2D eigenvalue weighted by molar-refractivity contribution is -0.384. The zero-order chi connectivity index (χ0) is 34.7. The number of carbonyl (C=O) groups is 1. The fraction of sp³-hybridized carbons (Fsp3) is 0.216. The molecular formula is C37H33N3O8S. The topological polar surface area (TPSA) is 131 Å². The molecule has 49 heavy (non-hydrogen) atoms. The summed E-state index contributed by atoms with van der Waals surface area (Å²) in [5, 5.41) is 12.8. The predicted octanol–water partition coefficient (Wildman–Crippen LogP) is 5.85. The van der Waals surface area contributed by atoms with Crippen molar-refractivity contribution in [3.8, 4) is 17.2 Å². The maximum atomic E-state index is 14.3. The molecule has 0 unspecified atom stereocenters. The van der Waals surface area contributed by atoms with Gasteiger partial charge in [-0.25, -0.2) is 9.79 Å². The second-order valence-corrected chi connectivity index (χ2v) is 12.1. The van der Waals surface area contributed by atoms with Gasteiger partial charge in [-0.3, -0.25) is 19.5 Å². The summed E-state index contributed by atoms with van der Waals surface area (Å²) in [7, 11) is 1.56. The third kappa shape index (κ3) is 6.55. The Hall–Kier alpha value is -5.75. The zero-order valence-corrected chi connectivity index (χ0v) is 28.1. The van der Waals surface area contributed by atoms with Gasteiger partial charge >= 0.3 is 5.97 Å². The quantitative estimate of drug-likeness (QED) is 0.0966. The van der Waals surface area contributed by atoms with E-state index in [2.05, 4.69) is 0 Å². The molecule has 250 valence electrons. The van der Waals surface area contributed by atoms with E-state index in [1.807, 2.05) is 49.4 Å². The summed E-state index contributed by atoms with van der Waals surface area (Å²) in [6.45, 7) is 6.06. The van der Waals surface area contributed by atoms with Crippen LogP contribution < -0.4 is 29.1 Å². The van der Waals surface area contributed by atoms with Crippen LogP contribution >= 0.6 is 11.3 Å². The Morgan fingerprint density at radius 2 is 1.73 bits per heavy atom. The first-order valence-electron chi connectivity index (χ1n) is 15.6. The van der Waals surface area contributed by atoms with E-state index in [1.54, 1.807) is 55.9 Å². The highest BCUT2D eigenvalue weighted by Gasteiger charge is 2.36. The fourth-order valence-corrected chi connectivity index (χ4v) is 6.88. The van der Waals surface area contributed by atoms with Crippen LogP contribution in [0.25, 0.3) is 16.8 Å². The highest BCUT2D eigenvalue weighted by Crippen LogP contribution is 2.40. The molecule has 0 radical (unpaired) electrons. The summed E-state index contributed by atoms with van der Waals surface area (Å²) >= 11 is 1.22. The number of carbonyl (C=O) groups excluding carboxylic acids is 1. The number of nitrogens with zero attached hydrogens (tertiary/aromatic N) is 3. The van der Waals surface area contributed by atoms with Crippen molar-refractivity contribution in [2.24, 2.45) is 4.99 Å². The number of allylic oxidation sites excluding steroid dienone is 1. The smallest absolute Gasteiger partial charge is 0.338 e. The number of ether oxygens (including phenoxy) is 4. The standard InChI is InChI=1S/C37H33N3O8S/c1-5-46-30-19-24(13-17-28(30)48-21-23-11-15-26(16-12-23)40(43)44)20-31-35(41)39-34(32(36(42)47-6-2)22(3)38-37(39)49-31)33-27-10-8-7-9-25(27)14-18-29(33)45-4/h7-20,34H,5-6,21H2,1-4H3/b31-20-/t34-/m0/s1. The number of non-ortho nitro benzene ring substituents is 1. The molecule has 0 aliphatic carbocycles. The van der Waals surface area contributed by atoms with E-state index < -0.39 is 16.9 Å². The number of aromatic nitrogens is 1. The Balaban J connectivity index is 1.44. The molecular weight excluding hydrogens is 646 g/mol. The first-order valence-corrected chi connectivity index (χ1v) is 16.4. The van der Waals surface area contributed by atoms with Gasteiger partial charge in [-0.15, -0.1) is 0 Å². The van der Waals surface area contributed by atoms with Crippen molar-refractivity contribution in [2.75, 3.05) is 20.3 Å². The molecule has 2 heterocycles. The fourth-order valence-electron chi connectivity index (χ4n) is 5.83. The van der Waals surface area contributed by atoms with Gasteiger partial charge in [-0.1, -0.05) is 47.7 Å². The monoisotopic (exact) mass is 679 g/mol. The summed E-state index contributed by atoms with van der Waals surface area (Å²) in [5.41, 5.74) is 2.52. The van der Waals surface area contributed by atoms with E-state index in [9.17, 15) is 19.7 Å². The van der Waals surface area contributed by atoms with Crippen LogP contribution in [-0.2, 0) is 16.1 Å². The molecule has 0 fully saturated rings. The largest absolute Gasteiger partial charge is 0.496 e. The van der Waals surface area contributed by atoms with Crippen molar-refractivity contribution in [3.63, 3.8) is 0 Å². The van der Waals surface area contributed by atoms with Crippen LogP contribution in [0.1, 0.15) is 43.5 Å². The lowest BCUT2D eigenvalue weighted by Crippen LogP contribution is -2.40. The van der Waals surface area contributed by atoms with Crippen molar-refractivity contribution >= 4 is 39.8 Å². The van der Waals surface area contributed by atoms with Crippen molar-refractivity contribution in [3.05, 3.63) is 137 Å². The summed E-state index contributed by atoms with van der Waals surface area (Å²) in [4.78, 5) is 43.5. The minimum atomic E-state index is -0.854. The normalized spacial score (nSPS) is 14.3. The summed E-state index contributed by atoms with van der Waals surface area (Å²) in [6.07, 6.45) is 1.76. The second kappa shape index (κ2) is 14.2. The van der Waals surface area contributed by atoms with Crippen LogP contribution in [0, 0.1) is 10.1 Å². The van der Waals surface area contributed by atoms with Gasteiger partial charge < -0.3 is 18.9 Å². The molecule has 1 aromatic heterocycles. The SMILES string of the molecule is CCOC(=O)C1=C(C)N=c2s/c(=C\c3ccc(OCc4ccc([N+](=O)[O-])cc4)c(OCC)c3)c(=O)n2[C@@H]1c1c(OC)ccc2ccccc12. The first kappa shape index (κ1) is 33.2. The van der Waals surface area contributed by atoms with E-state index in [1.165, 1.54) is 23.5 Å². The number of nitro groups is 1. The average Bonchev–Trinajstić information content (AvgIpc) is 3.40. The van der Waals surface area contributed by atoms with Crippen molar-refractivity contribution in [2.45, 2.75) is 33.4 Å². The maximum Gasteiger partial charge on any atom is 0.338 e. The van der Waals surface area contributed by atoms with Crippen molar-refractivity contribution in [1.29, 1.82) is 0 Å². The van der Waals surface area contributed by atoms with Gasteiger partial charge in [0.15, 0.2) is 16.3 Å². The number of nitro benzene ring substituents is 1. The highest BCUT2D eigenvalue weighted by atomic mass is 32.1. The van der Waals surface area contributed by atoms with E-state index in [0.29, 0.717) is 50.0 Å². The van der Waals surface area contributed by atoms with E-state index in [0.717, 1.165) is 16.3 Å². The molecule has 11 nitrogen and oxygen atoms in total. The number of hydrogen-bond donors (Lipinski definition) is 0. The molecule has 0 spiro atoms. The van der Waals surface area contributed by atoms with Gasteiger partial charge in [0, 0.05) is 17.7 Å². The van der Waals surface area contributed by atoms with Gasteiger partial charge in [0.25, 0.3) is 11.2 Å². The third-order valence-electron chi connectivity index (χ3n) is 8.05. The molecule has 12 heteroatoms. The summed E-state index contributed by atoms with van der Waals surface area (Å²) in [5.74, 6) is 0.936. The minimum Gasteiger partial charge on any atom is -0.496 e. The molecule has 1 atom stereocenters. The zero-order valence-electron chi connectivity index (χ0n) is 27.3. The van der Waals surface area contributed by atoms with E-state index in [-0.39, 0.29) is 30.0 Å². The predicted molar refractivity (Wildman–Crippen MR) is 186 cm³/mol. The highest BCUT2D eigenvalue weighted by molar-refractivity contribution is 7.07. The number of methoxy groups -OCH3 is 1. The minimum absolute atomic E-state index is 0.00300. The number of esters is 1. The number of benzene rings is 4. The Kier molecular flexibility index (Phi) is 9.58. The molecule has 0 saturated heterocycles. The Bertz CT molecular complexity index is 2290. The van der Waals surface area contributed by atoms with Gasteiger partial charge in [0.1, 0.15) is 18.4 Å². The maximum absolute atomic E-state index is 14.3. The lowest BCUT2D eigenvalue weighted by Gasteiger charge is -2.27. The Labute approximate surface area is 285 Å². The molecule has 1 aliphatic rings. The molecule has 6 rings (SSSR count). The van der Waals surface area contributed by atoms with E-state index >= 15 is 0 Å². The van der Waals surface area contributed by atoms with Crippen LogP contribution in [0.5, 0.6) is 17.2 Å². The van der Waals surface area contributed by atoms with Crippen LogP contribution in [0.15, 0.2) is 99.9 Å². The van der Waals surface area contributed by atoms with Crippen molar-refractivity contribution < 1.29 is 28.7 Å². The average molecular weight is 680 g/mol. The summed E-state index contributed by atoms with van der Waals surface area (Å²) in [6, 6.07) is 22.2.